The second-order valence-electron chi connectivity index (χ2n) is 4.68. The number of aromatic nitrogens is 1. The van der Waals surface area contributed by atoms with E-state index in [9.17, 15) is 4.79 Å². The van der Waals surface area contributed by atoms with E-state index in [0.717, 1.165) is 10.2 Å². The maximum Gasteiger partial charge on any atom is 0.308 e. The van der Waals surface area contributed by atoms with Gasteiger partial charge in [-0.25, -0.2) is 0 Å². The van der Waals surface area contributed by atoms with E-state index in [1.54, 1.807) is 0 Å². The smallest absolute Gasteiger partial charge is 0.296 e. The molecule has 2 rings (SSSR count). The first-order valence-corrected chi connectivity index (χ1v) is 6.48. The minimum Gasteiger partial charge on any atom is -0.296 e. The van der Waals surface area contributed by atoms with Crippen molar-refractivity contribution in [2.45, 2.75) is 39.7 Å². The van der Waals surface area contributed by atoms with Gasteiger partial charge in [-0.2, -0.15) is 0 Å². The highest BCUT2D eigenvalue weighted by atomic mass is 32.1. The highest BCUT2D eigenvalue weighted by molar-refractivity contribution is 7.16. The minimum atomic E-state index is 0.151. The van der Waals surface area contributed by atoms with Crippen molar-refractivity contribution in [3.05, 3.63) is 33.4 Å². The first-order valence-electron chi connectivity index (χ1n) is 5.66. The van der Waals surface area contributed by atoms with E-state index < -0.39 is 0 Å². The van der Waals surface area contributed by atoms with Crippen LogP contribution in [0.25, 0.3) is 10.2 Å². The van der Waals surface area contributed by atoms with Gasteiger partial charge in [0.1, 0.15) is 0 Å². The van der Waals surface area contributed by atoms with Gasteiger partial charge in [0, 0.05) is 6.04 Å². The predicted octanol–water partition coefficient (Wildman–Crippen LogP) is 3.77. The molecule has 3 heteroatoms. The first-order chi connectivity index (χ1) is 7.52. The normalized spacial score (nSPS) is 11.9. The molecule has 0 aliphatic carbocycles. The molecule has 86 valence electrons. The third-order valence-corrected chi connectivity index (χ3v) is 3.72. The Labute approximate surface area is 99.5 Å². The van der Waals surface area contributed by atoms with Crippen LogP contribution >= 0.6 is 11.3 Å². The largest absolute Gasteiger partial charge is 0.308 e. The zero-order chi connectivity index (χ0) is 11.9. The Morgan fingerprint density at radius 2 is 1.88 bits per heavy atom. The van der Waals surface area contributed by atoms with E-state index in [-0.39, 0.29) is 10.9 Å². The number of para-hydroxylation sites is 1. The van der Waals surface area contributed by atoms with Crippen molar-refractivity contribution < 1.29 is 0 Å². The summed E-state index contributed by atoms with van der Waals surface area (Å²) in [4.78, 5) is 12.1. The fourth-order valence-electron chi connectivity index (χ4n) is 2.05. The number of thiazole rings is 1. The average Bonchev–Trinajstić information content (AvgIpc) is 2.52. The molecule has 0 fully saturated rings. The van der Waals surface area contributed by atoms with Crippen LogP contribution in [0.3, 0.4) is 0 Å². The van der Waals surface area contributed by atoms with E-state index in [0.29, 0.717) is 5.92 Å². The average molecular weight is 235 g/mol. The lowest BCUT2D eigenvalue weighted by molar-refractivity contribution is 0.607. The quantitative estimate of drug-likeness (QED) is 0.776. The summed E-state index contributed by atoms with van der Waals surface area (Å²) in [5, 5.41) is 0. The van der Waals surface area contributed by atoms with Crippen LogP contribution in [0, 0.1) is 0 Å². The number of nitrogens with zero attached hydrogens (tertiary/aromatic N) is 1. The van der Waals surface area contributed by atoms with Crippen LogP contribution in [0.15, 0.2) is 23.0 Å². The van der Waals surface area contributed by atoms with Crippen LogP contribution in [0.2, 0.25) is 0 Å². The second kappa shape index (κ2) is 4.06. The van der Waals surface area contributed by atoms with Gasteiger partial charge >= 0.3 is 4.87 Å². The van der Waals surface area contributed by atoms with Gasteiger partial charge in [0.05, 0.1) is 10.2 Å². The van der Waals surface area contributed by atoms with Crippen LogP contribution in [0.4, 0.5) is 0 Å². The van der Waals surface area contributed by atoms with E-state index in [2.05, 4.69) is 33.8 Å². The van der Waals surface area contributed by atoms with Crippen LogP contribution in [-0.4, -0.2) is 4.57 Å². The topological polar surface area (TPSA) is 22.0 Å². The first kappa shape index (κ1) is 11.4. The van der Waals surface area contributed by atoms with E-state index in [1.807, 2.05) is 16.7 Å². The molecule has 1 heterocycles. The van der Waals surface area contributed by atoms with Crippen molar-refractivity contribution in [2.24, 2.45) is 0 Å². The maximum absolute atomic E-state index is 11.9. The Bertz CT molecular complexity index is 563. The third-order valence-electron chi connectivity index (χ3n) is 2.80. The summed E-state index contributed by atoms with van der Waals surface area (Å²) in [6.07, 6.45) is 0. The van der Waals surface area contributed by atoms with E-state index in [4.69, 9.17) is 0 Å². The van der Waals surface area contributed by atoms with Crippen molar-refractivity contribution >= 4 is 21.6 Å². The van der Waals surface area contributed by atoms with Gasteiger partial charge in [-0.05, 0) is 31.4 Å². The van der Waals surface area contributed by atoms with E-state index in [1.165, 1.54) is 16.9 Å². The fraction of sp³-hybridized carbons (Fsp3) is 0.462. The molecule has 1 aromatic heterocycles. The molecule has 0 saturated heterocycles. The minimum absolute atomic E-state index is 0.151. The molecular weight excluding hydrogens is 218 g/mol. The molecule has 1 aromatic carbocycles. The summed E-state index contributed by atoms with van der Waals surface area (Å²) in [6.45, 7) is 8.46. The van der Waals surface area contributed by atoms with Crippen LogP contribution in [0.1, 0.15) is 45.2 Å². The third kappa shape index (κ3) is 1.69. The molecule has 16 heavy (non-hydrogen) atoms. The van der Waals surface area contributed by atoms with Crippen molar-refractivity contribution in [1.29, 1.82) is 0 Å². The number of rotatable bonds is 2. The highest BCUT2D eigenvalue weighted by Gasteiger charge is 2.14. The second-order valence-corrected chi connectivity index (χ2v) is 5.67. The fourth-order valence-corrected chi connectivity index (χ4v) is 3.10. The molecule has 2 aromatic rings. The maximum atomic E-state index is 11.9. The molecule has 0 bridgehead atoms. The van der Waals surface area contributed by atoms with Crippen molar-refractivity contribution in [1.82, 2.24) is 4.57 Å². The molecule has 0 atom stereocenters. The van der Waals surface area contributed by atoms with Gasteiger partial charge in [0.25, 0.3) is 0 Å². The lowest BCUT2D eigenvalue weighted by atomic mass is 10.0. The zero-order valence-electron chi connectivity index (χ0n) is 10.2. The summed E-state index contributed by atoms with van der Waals surface area (Å²) < 4.78 is 3.01. The summed E-state index contributed by atoms with van der Waals surface area (Å²) >= 11 is 1.35. The van der Waals surface area contributed by atoms with Gasteiger partial charge in [0.2, 0.25) is 0 Å². The predicted molar refractivity (Wildman–Crippen MR) is 70.6 cm³/mol. The summed E-state index contributed by atoms with van der Waals surface area (Å²) in [6, 6.07) is 6.42. The Morgan fingerprint density at radius 1 is 1.19 bits per heavy atom. The number of benzene rings is 1. The lowest BCUT2D eigenvalue weighted by Gasteiger charge is -2.13. The van der Waals surface area contributed by atoms with Crippen LogP contribution in [-0.2, 0) is 0 Å². The monoisotopic (exact) mass is 235 g/mol. The molecular formula is C13H17NOS. The Morgan fingerprint density at radius 3 is 2.44 bits per heavy atom. The van der Waals surface area contributed by atoms with Gasteiger partial charge in [-0.1, -0.05) is 37.3 Å². The molecule has 0 N–H and O–H groups in total. The van der Waals surface area contributed by atoms with Gasteiger partial charge in [-0.3, -0.25) is 9.36 Å². The highest BCUT2D eigenvalue weighted by Crippen LogP contribution is 2.28. The molecule has 2 nitrogen and oxygen atoms in total. The Hall–Kier alpha value is -1.09. The molecule has 0 saturated carbocycles. The van der Waals surface area contributed by atoms with Gasteiger partial charge in [0.15, 0.2) is 0 Å². The van der Waals surface area contributed by atoms with Crippen molar-refractivity contribution in [3.8, 4) is 0 Å². The lowest BCUT2D eigenvalue weighted by Crippen LogP contribution is -2.15. The standard InChI is InChI=1S/C13H17NOS/c1-8(2)10-6-5-7-11-12(10)14(9(3)4)13(15)16-11/h5-9H,1-4H3. The van der Waals surface area contributed by atoms with Crippen LogP contribution < -0.4 is 4.87 Å². The van der Waals surface area contributed by atoms with Gasteiger partial charge in [-0.15, -0.1) is 0 Å². The summed E-state index contributed by atoms with van der Waals surface area (Å²) in [5.74, 6) is 0.447. The number of fused-ring (bicyclic) bond motifs is 1. The molecule has 0 aliphatic rings. The molecule has 0 spiro atoms. The SMILES string of the molecule is CC(C)c1cccc2sc(=O)n(C(C)C)c12. The van der Waals surface area contributed by atoms with Crippen molar-refractivity contribution in [3.63, 3.8) is 0 Å². The van der Waals surface area contributed by atoms with E-state index >= 15 is 0 Å². The van der Waals surface area contributed by atoms with Gasteiger partial charge < -0.3 is 0 Å². The summed E-state index contributed by atoms with van der Waals surface area (Å²) in [7, 11) is 0. The molecule has 0 aliphatic heterocycles. The summed E-state index contributed by atoms with van der Waals surface area (Å²) in [5.41, 5.74) is 2.40. The Kier molecular flexibility index (Phi) is 2.89. The molecule has 0 radical (unpaired) electrons. The number of hydrogen-bond acceptors (Lipinski definition) is 2. The zero-order valence-corrected chi connectivity index (χ0v) is 11.0. The molecule has 0 unspecified atom stereocenters. The van der Waals surface area contributed by atoms with Crippen LogP contribution in [0.5, 0.6) is 0 Å². The number of hydrogen-bond donors (Lipinski definition) is 0. The van der Waals surface area contributed by atoms with Crippen molar-refractivity contribution in [2.75, 3.05) is 0 Å². The molecule has 0 amide bonds. The Balaban J connectivity index is 2.89.